The average Bonchev–Trinajstić information content (AvgIpc) is 3.59. The average molecular weight is 1100 g/mol. The molecule has 0 amide bonds. The Bertz CT molecular complexity index is 3260. The molecule has 0 saturated heterocycles. The van der Waals surface area contributed by atoms with E-state index in [4.69, 9.17) is 0 Å². The van der Waals surface area contributed by atoms with E-state index in [1.54, 1.807) is 60.7 Å². The molecule has 3 aliphatic rings. The van der Waals surface area contributed by atoms with Gasteiger partial charge in [-0.15, -0.1) is 0 Å². The van der Waals surface area contributed by atoms with Crippen molar-refractivity contribution in [2.75, 3.05) is 0 Å². The van der Waals surface area contributed by atoms with Crippen molar-refractivity contribution in [3.63, 3.8) is 0 Å². The molecule has 82 heavy (non-hydrogen) atoms. The number of aliphatic hydroxyl groups is 2. The van der Waals surface area contributed by atoms with Crippen LogP contribution in [0.3, 0.4) is 0 Å². The van der Waals surface area contributed by atoms with Gasteiger partial charge in [-0.25, -0.2) is 0 Å². The summed E-state index contributed by atoms with van der Waals surface area (Å²) in [5, 5.41) is 88.1. The van der Waals surface area contributed by atoms with Crippen LogP contribution in [0, 0.1) is 39.5 Å². The fraction of sp³-hybridized carbons (Fsp3) is 0.351. The van der Waals surface area contributed by atoms with Gasteiger partial charge < -0.3 is 40.9 Å². The molecule has 3 fully saturated rings. The Kier molecular flexibility index (Phi) is 16.3. The van der Waals surface area contributed by atoms with Crippen LogP contribution in [0.15, 0.2) is 158 Å². The first-order valence-corrected chi connectivity index (χ1v) is 29.9. The minimum Gasteiger partial charge on any atom is -0.508 e. The van der Waals surface area contributed by atoms with Crippen LogP contribution in [0.1, 0.15) is 183 Å². The first-order valence-electron chi connectivity index (χ1n) is 29.9. The maximum absolute atomic E-state index is 11.7. The minimum atomic E-state index is -0.452. The lowest BCUT2D eigenvalue weighted by atomic mass is 9.64. The summed E-state index contributed by atoms with van der Waals surface area (Å²) in [5.74, 6) is 0.930. The maximum Gasteiger partial charge on any atom is 0.119 e. The zero-order valence-corrected chi connectivity index (χ0v) is 47.9. The van der Waals surface area contributed by atoms with Gasteiger partial charge in [-0.05, 0) is 254 Å². The summed E-state index contributed by atoms with van der Waals surface area (Å²) in [6, 6.07) is 51.9. The second-order valence-electron chi connectivity index (χ2n) is 24.8. The van der Waals surface area contributed by atoms with E-state index in [1.165, 1.54) is 28.7 Å². The Morgan fingerprint density at radius 2 is 0.756 bits per heavy atom. The lowest BCUT2D eigenvalue weighted by molar-refractivity contribution is 0.0618. The van der Waals surface area contributed by atoms with Gasteiger partial charge in [-0.2, -0.15) is 0 Å². The highest BCUT2D eigenvalue weighted by molar-refractivity contribution is 5.57. The number of benzene rings is 8. The third-order valence-electron chi connectivity index (χ3n) is 19.5. The van der Waals surface area contributed by atoms with E-state index in [0.29, 0.717) is 25.7 Å². The highest BCUT2D eigenvalue weighted by Gasteiger charge is 2.39. The van der Waals surface area contributed by atoms with Gasteiger partial charge in [0, 0.05) is 28.4 Å². The van der Waals surface area contributed by atoms with Gasteiger partial charge in [-0.3, -0.25) is 0 Å². The SMILES string of the molecule is Cc1cc(O)ccc1C(c1ccc(O)cc1C)c1cc(CC2CC(c3cccc(C4(c5cccc(C6CCC(O)C(Cc7ccc(O)c(C(c8ccc(O)cc8C)c8ccc(O)cc8C)c7)C6)c5)CCCCC4)c3)CCC2O)ccc1O. The van der Waals surface area contributed by atoms with Crippen LogP contribution in [0.4, 0.5) is 0 Å². The highest BCUT2D eigenvalue weighted by Crippen LogP contribution is 2.50. The van der Waals surface area contributed by atoms with Gasteiger partial charge >= 0.3 is 0 Å². The number of rotatable bonds is 14. The summed E-state index contributed by atoms with van der Waals surface area (Å²) < 4.78 is 0. The topological polar surface area (TPSA) is 162 Å². The first-order chi connectivity index (χ1) is 39.5. The summed E-state index contributed by atoms with van der Waals surface area (Å²) in [6.07, 6.45) is 11.0. The number of hydrogen-bond donors (Lipinski definition) is 8. The van der Waals surface area contributed by atoms with Gasteiger partial charge in [0.05, 0.1) is 12.2 Å². The Morgan fingerprint density at radius 3 is 1.11 bits per heavy atom. The van der Waals surface area contributed by atoms with Crippen LogP contribution in [-0.4, -0.2) is 53.1 Å². The number of aromatic hydroxyl groups is 6. The predicted molar refractivity (Wildman–Crippen MR) is 326 cm³/mol. The summed E-state index contributed by atoms with van der Waals surface area (Å²) in [5.41, 5.74) is 16.2. The van der Waals surface area contributed by atoms with Gasteiger partial charge in [0.2, 0.25) is 0 Å². The highest BCUT2D eigenvalue weighted by atomic mass is 16.3. The lowest BCUT2D eigenvalue weighted by Gasteiger charge is -2.40. The van der Waals surface area contributed by atoms with E-state index < -0.39 is 12.2 Å². The van der Waals surface area contributed by atoms with Crippen molar-refractivity contribution in [1.82, 2.24) is 0 Å². The quantitative estimate of drug-likeness (QED) is 0.0499. The molecule has 424 valence electrons. The van der Waals surface area contributed by atoms with Gasteiger partial charge in [0.15, 0.2) is 0 Å². The fourth-order valence-corrected chi connectivity index (χ4v) is 15.1. The molecular formula is C74H80O8. The van der Waals surface area contributed by atoms with E-state index in [-0.39, 0.29) is 75.4 Å². The maximum atomic E-state index is 11.7. The molecule has 3 aliphatic carbocycles. The van der Waals surface area contributed by atoms with Crippen LogP contribution in [0.25, 0.3) is 0 Å². The summed E-state index contributed by atoms with van der Waals surface area (Å²) in [7, 11) is 0. The standard InChI is InChI=1S/C74H80O8/c1-44-32-58(75)18-22-62(44)72(63-23-19-59(76)33-45(63)2)66-38-48(14-26-70(66)81)36-54-40-52(16-28-68(54)79)50-10-8-12-56(42-50)74(30-6-5-7-31-74)57-13-9-11-51(43-57)53-17-29-69(80)55(41-53)37-49-15-27-71(82)67(39-49)73(64-24-20-60(77)34-46(64)3)65-25-21-61(78)35-47(65)4/h8-15,18-27,32-35,38-39,42-43,52-55,68-69,72-73,75-82H,5-7,16-17,28-31,36-37,40-41H2,1-4H3. The molecule has 8 aromatic carbocycles. The van der Waals surface area contributed by atoms with Gasteiger partial charge in [0.25, 0.3) is 0 Å². The molecule has 6 atom stereocenters. The van der Waals surface area contributed by atoms with Gasteiger partial charge in [-0.1, -0.05) is 116 Å². The Balaban J connectivity index is 0.835. The second-order valence-corrected chi connectivity index (χ2v) is 24.8. The molecule has 8 aromatic rings. The van der Waals surface area contributed by atoms with Crippen molar-refractivity contribution < 1.29 is 40.9 Å². The van der Waals surface area contributed by atoms with Crippen LogP contribution in [-0.2, 0) is 18.3 Å². The number of aliphatic hydroxyl groups excluding tert-OH is 2. The number of hydrogen-bond acceptors (Lipinski definition) is 8. The second kappa shape index (κ2) is 23.8. The molecule has 8 heteroatoms. The van der Waals surface area contributed by atoms with E-state index in [2.05, 4.69) is 60.7 Å². The smallest absolute Gasteiger partial charge is 0.119 e. The predicted octanol–water partition coefficient (Wildman–Crippen LogP) is 15.7. The molecule has 6 unspecified atom stereocenters. The summed E-state index contributed by atoms with van der Waals surface area (Å²) in [4.78, 5) is 0. The van der Waals surface area contributed by atoms with Crippen LogP contribution < -0.4 is 0 Å². The summed E-state index contributed by atoms with van der Waals surface area (Å²) in [6.45, 7) is 7.87. The molecule has 0 radical (unpaired) electrons. The van der Waals surface area contributed by atoms with Gasteiger partial charge in [0.1, 0.15) is 34.5 Å². The number of aryl methyl sites for hydroxylation is 4. The summed E-state index contributed by atoms with van der Waals surface area (Å²) >= 11 is 0. The molecule has 8 N–H and O–H groups in total. The molecule has 0 heterocycles. The molecule has 11 rings (SSSR count). The minimum absolute atomic E-state index is 0.0137. The Morgan fingerprint density at radius 1 is 0.390 bits per heavy atom. The van der Waals surface area contributed by atoms with E-state index >= 15 is 0 Å². The lowest BCUT2D eigenvalue weighted by Crippen LogP contribution is -2.32. The van der Waals surface area contributed by atoms with E-state index in [9.17, 15) is 40.9 Å². The van der Waals surface area contributed by atoms with Crippen molar-refractivity contribution in [2.24, 2.45) is 11.8 Å². The monoisotopic (exact) mass is 1100 g/mol. The molecule has 0 spiro atoms. The van der Waals surface area contributed by atoms with E-state index in [0.717, 1.165) is 118 Å². The van der Waals surface area contributed by atoms with Crippen LogP contribution in [0.2, 0.25) is 0 Å². The number of phenolic OH excluding ortho intramolecular Hbond substituents is 6. The van der Waals surface area contributed by atoms with Crippen molar-refractivity contribution in [3.8, 4) is 34.5 Å². The Labute approximate surface area is 484 Å². The fourth-order valence-electron chi connectivity index (χ4n) is 15.1. The van der Waals surface area contributed by atoms with Crippen molar-refractivity contribution in [1.29, 1.82) is 0 Å². The molecule has 3 saturated carbocycles. The van der Waals surface area contributed by atoms with Crippen molar-refractivity contribution in [2.45, 2.75) is 152 Å². The molecule has 0 aliphatic heterocycles. The largest absolute Gasteiger partial charge is 0.508 e. The third-order valence-corrected chi connectivity index (χ3v) is 19.5. The zero-order chi connectivity index (χ0) is 57.4. The molecular weight excluding hydrogens is 1020 g/mol. The molecule has 0 bridgehead atoms. The van der Waals surface area contributed by atoms with Crippen LogP contribution in [0.5, 0.6) is 34.5 Å². The van der Waals surface area contributed by atoms with Crippen LogP contribution >= 0.6 is 0 Å². The number of phenols is 6. The first kappa shape index (κ1) is 56.3. The molecule has 8 nitrogen and oxygen atoms in total. The zero-order valence-electron chi connectivity index (χ0n) is 47.9. The Hall–Kier alpha value is -7.52. The normalized spacial score (nSPS) is 21.0. The molecule has 0 aromatic heterocycles. The third kappa shape index (κ3) is 11.6. The van der Waals surface area contributed by atoms with Crippen molar-refractivity contribution in [3.05, 3.63) is 247 Å². The van der Waals surface area contributed by atoms with E-state index in [1.807, 2.05) is 64.1 Å². The van der Waals surface area contributed by atoms with Crippen molar-refractivity contribution >= 4 is 0 Å².